The first kappa shape index (κ1) is 12.5. The third-order valence-corrected chi connectivity index (χ3v) is 3.32. The van der Waals surface area contributed by atoms with Crippen LogP contribution in [0.15, 0.2) is 5.38 Å². The normalized spacial score (nSPS) is 10.6. The molecule has 1 N–H and O–H groups in total. The predicted molar refractivity (Wildman–Crippen MR) is 67.7 cm³/mol. The molecule has 1 aromatic rings. The monoisotopic (exact) mass is 227 g/mol. The fraction of sp³-hybridized carbons (Fsp3) is 0.727. The van der Waals surface area contributed by atoms with E-state index >= 15 is 0 Å². The molecule has 0 amide bonds. The fourth-order valence-electron chi connectivity index (χ4n) is 1.43. The Balaban J connectivity index is 2.39. The molecule has 1 rings (SSSR count). The van der Waals surface area contributed by atoms with Crippen LogP contribution in [0.1, 0.15) is 31.9 Å². The summed E-state index contributed by atoms with van der Waals surface area (Å²) >= 11 is 1.73. The summed E-state index contributed by atoms with van der Waals surface area (Å²) < 4.78 is 0. The van der Waals surface area contributed by atoms with Gasteiger partial charge in [0, 0.05) is 25.5 Å². The third kappa shape index (κ3) is 4.18. The van der Waals surface area contributed by atoms with E-state index in [2.05, 4.69) is 34.6 Å². The number of nitrogens with one attached hydrogen (secondary N) is 1. The lowest BCUT2D eigenvalue weighted by Gasteiger charge is -2.14. The Labute approximate surface area is 96.5 Å². The van der Waals surface area contributed by atoms with Gasteiger partial charge in [-0.1, -0.05) is 19.8 Å². The van der Waals surface area contributed by atoms with Gasteiger partial charge in [-0.15, -0.1) is 11.3 Å². The van der Waals surface area contributed by atoms with Crippen LogP contribution in [0.5, 0.6) is 0 Å². The number of thiazole rings is 1. The molecule has 0 saturated heterocycles. The molecular weight excluding hydrogens is 206 g/mol. The molecule has 3 nitrogen and oxygen atoms in total. The Kier molecular flexibility index (Phi) is 5.65. The van der Waals surface area contributed by atoms with E-state index in [9.17, 15) is 0 Å². The van der Waals surface area contributed by atoms with E-state index in [4.69, 9.17) is 0 Å². The molecule has 1 aromatic heterocycles. The molecule has 0 spiro atoms. The van der Waals surface area contributed by atoms with Crippen LogP contribution in [0.25, 0.3) is 0 Å². The van der Waals surface area contributed by atoms with Crippen molar-refractivity contribution in [3.63, 3.8) is 0 Å². The lowest BCUT2D eigenvalue weighted by molar-refractivity contribution is 0.702. The molecule has 0 aromatic carbocycles. The second-order valence-electron chi connectivity index (χ2n) is 3.78. The summed E-state index contributed by atoms with van der Waals surface area (Å²) in [6.45, 7) is 4.20. The molecule has 0 atom stereocenters. The lowest BCUT2D eigenvalue weighted by atomic mass is 10.2. The van der Waals surface area contributed by atoms with Crippen molar-refractivity contribution in [3.05, 3.63) is 11.1 Å². The molecule has 15 heavy (non-hydrogen) atoms. The van der Waals surface area contributed by atoms with Crippen LogP contribution < -0.4 is 10.2 Å². The standard InChI is InChI=1S/C11H21N3S/c1-4-5-6-7-14(3)11-13-10(8-12-2)9-15-11/h9,12H,4-8H2,1-3H3. The minimum absolute atomic E-state index is 0.860. The van der Waals surface area contributed by atoms with Crippen LogP contribution in [0, 0.1) is 0 Å². The first-order chi connectivity index (χ1) is 7.27. The first-order valence-corrected chi connectivity index (χ1v) is 6.46. The molecule has 0 fully saturated rings. The van der Waals surface area contributed by atoms with Crippen molar-refractivity contribution in [3.8, 4) is 0 Å². The molecule has 1 heterocycles. The van der Waals surface area contributed by atoms with Gasteiger partial charge in [0.2, 0.25) is 0 Å². The maximum atomic E-state index is 4.56. The zero-order valence-electron chi connectivity index (χ0n) is 9.92. The van der Waals surface area contributed by atoms with E-state index in [1.54, 1.807) is 11.3 Å². The molecule has 0 unspecified atom stereocenters. The van der Waals surface area contributed by atoms with Crippen LogP contribution >= 0.6 is 11.3 Å². The number of anilines is 1. The smallest absolute Gasteiger partial charge is 0.185 e. The quantitative estimate of drug-likeness (QED) is 0.725. The Hall–Kier alpha value is -0.610. The van der Waals surface area contributed by atoms with Gasteiger partial charge in [0.05, 0.1) is 5.69 Å². The average molecular weight is 227 g/mol. The van der Waals surface area contributed by atoms with Gasteiger partial charge in [-0.2, -0.15) is 0 Å². The molecule has 0 aliphatic carbocycles. The van der Waals surface area contributed by atoms with Gasteiger partial charge in [0.1, 0.15) is 0 Å². The van der Waals surface area contributed by atoms with Gasteiger partial charge in [-0.05, 0) is 13.5 Å². The van der Waals surface area contributed by atoms with Crippen molar-refractivity contribution in [1.29, 1.82) is 0 Å². The Morgan fingerprint density at radius 2 is 2.27 bits per heavy atom. The minimum atomic E-state index is 0.860. The fourth-order valence-corrected chi connectivity index (χ4v) is 2.25. The van der Waals surface area contributed by atoms with Crippen LogP contribution in [0.2, 0.25) is 0 Å². The predicted octanol–water partition coefficient (Wildman–Crippen LogP) is 2.49. The van der Waals surface area contributed by atoms with Crippen molar-refractivity contribution < 1.29 is 0 Å². The second-order valence-corrected chi connectivity index (χ2v) is 4.62. The van der Waals surface area contributed by atoms with Crippen molar-refractivity contribution in [2.45, 2.75) is 32.7 Å². The van der Waals surface area contributed by atoms with E-state index in [1.165, 1.54) is 19.3 Å². The summed E-state index contributed by atoms with van der Waals surface area (Å²) in [5.41, 5.74) is 1.14. The number of hydrogen-bond donors (Lipinski definition) is 1. The zero-order valence-corrected chi connectivity index (χ0v) is 10.7. The second kappa shape index (κ2) is 6.80. The summed E-state index contributed by atoms with van der Waals surface area (Å²) in [5, 5.41) is 6.38. The zero-order chi connectivity index (χ0) is 11.1. The van der Waals surface area contributed by atoms with Crippen LogP contribution in [-0.4, -0.2) is 25.6 Å². The highest BCUT2D eigenvalue weighted by Gasteiger charge is 2.05. The van der Waals surface area contributed by atoms with E-state index in [1.807, 2.05) is 7.05 Å². The number of rotatable bonds is 7. The Bertz CT molecular complexity index is 273. The highest BCUT2D eigenvalue weighted by atomic mass is 32.1. The van der Waals surface area contributed by atoms with Crippen LogP contribution in [0.4, 0.5) is 5.13 Å². The van der Waals surface area contributed by atoms with Gasteiger partial charge >= 0.3 is 0 Å². The number of nitrogens with zero attached hydrogens (tertiary/aromatic N) is 2. The van der Waals surface area contributed by atoms with E-state index in [0.717, 1.165) is 23.9 Å². The molecule has 0 aliphatic heterocycles. The molecule has 86 valence electrons. The highest BCUT2D eigenvalue weighted by molar-refractivity contribution is 7.13. The molecule has 0 aliphatic rings. The topological polar surface area (TPSA) is 28.2 Å². The molecule has 4 heteroatoms. The molecular formula is C11H21N3S. The average Bonchev–Trinajstić information content (AvgIpc) is 2.67. The van der Waals surface area contributed by atoms with Gasteiger partial charge < -0.3 is 10.2 Å². The number of unbranched alkanes of at least 4 members (excludes halogenated alkanes) is 2. The third-order valence-electron chi connectivity index (χ3n) is 2.32. The van der Waals surface area contributed by atoms with Gasteiger partial charge in [0.25, 0.3) is 0 Å². The molecule has 0 radical (unpaired) electrons. The Morgan fingerprint density at radius 3 is 2.93 bits per heavy atom. The Morgan fingerprint density at radius 1 is 1.47 bits per heavy atom. The van der Waals surface area contributed by atoms with Gasteiger partial charge in [-0.3, -0.25) is 0 Å². The van der Waals surface area contributed by atoms with E-state index < -0.39 is 0 Å². The van der Waals surface area contributed by atoms with Crippen LogP contribution in [0.3, 0.4) is 0 Å². The molecule has 0 bridgehead atoms. The molecule has 0 saturated carbocycles. The van der Waals surface area contributed by atoms with Gasteiger partial charge in [-0.25, -0.2) is 4.98 Å². The maximum Gasteiger partial charge on any atom is 0.185 e. The first-order valence-electron chi connectivity index (χ1n) is 5.58. The van der Waals surface area contributed by atoms with Gasteiger partial charge in [0.15, 0.2) is 5.13 Å². The number of aromatic nitrogens is 1. The van der Waals surface area contributed by atoms with Crippen LogP contribution in [-0.2, 0) is 6.54 Å². The summed E-state index contributed by atoms with van der Waals surface area (Å²) in [5.74, 6) is 0. The lowest BCUT2D eigenvalue weighted by Crippen LogP contribution is -2.18. The summed E-state index contributed by atoms with van der Waals surface area (Å²) in [6.07, 6.45) is 3.84. The SMILES string of the molecule is CCCCCN(C)c1nc(CNC)cs1. The van der Waals surface area contributed by atoms with E-state index in [-0.39, 0.29) is 0 Å². The summed E-state index contributed by atoms with van der Waals surface area (Å²) in [7, 11) is 4.07. The van der Waals surface area contributed by atoms with E-state index in [0.29, 0.717) is 0 Å². The van der Waals surface area contributed by atoms with Crippen molar-refractivity contribution in [1.82, 2.24) is 10.3 Å². The summed E-state index contributed by atoms with van der Waals surface area (Å²) in [4.78, 5) is 6.81. The highest BCUT2D eigenvalue weighted by Crippen LogP contribution is 2.19. The minimum Gasteiger partial charge on any atom is -0.351 e. The summed E-state index contributed by atoms with van der Waals surface area (Å²) in [6, 6.07) is 0. The number of hydrogen-bond acceptors (Lipinski definition) is 4. The van der Waals surface area contributed by atoms with Crippen molar-refractivity contribution in [2.75, 3.05) is 25.5 Å². The largest absolute Gasteiger partial charge is 0.351 e. The van der Waals surface area contributed by atoms with Crippen molar-refractivity contribution in [2.24, 2.45) is 0 Å². The van der Waals surface area contributed by atoms with Crippen molar-refractivity contribution >= 4 is 16.5 Å². The maximum absolute atomic E-state index is 4.56.